The first kappa shape index (κ1) is 13.0. The number of fused-ring (bicyclic) bond motifs is 1. The number of rotatable bonds is 3. The van der Waals surface area contributed by atoms with E-state index >= 15 is 0 Å². The third-order valence-corrected chi connectivity index (χ3v) is 3.64. The minimum Gasteiger partial charge on any atom is -0.294 e. The van der Waals surface area contributed by atoms with Gasteiger partial charge in [0.05, 0.1) is 11.9 Å². The molecule has 3 rings (SSSR count). The molecule has 20 heavy (non-hydrogen) atoms. The average Bonchev–Trinajstić information content (AvgIpc) is 2.47. The molecule has 0 aliphatic heterocycles. The topological polar surface area (TPSA) is 30.0 Å². The number of aromatic nitrogens is 1. The minimum absolute atomic E-state index is 0.0779. The zero-order chi connectivity index (χ0) is 13.9. The van der Waals surface area contributed by atoms with Crippen molar-refractivity contribution in [3.05, 3.63) is 76.4 Å². The van der Waals surface area contributed by atoms with Crippen LogP contribution in [0.15, 0.2) is 65.1 Å². The van der Waals surface area contributed by atoms with Gasteiger partial charge in [-0.05, 0) is 24.3 Å². The summed E-state index contributed by atoms with van der Waals surface area (Å²) >= 11 is 3.38. The molecule has 0 bridgehead atoms. The second kappa shape index (κ2) is 5.55. The van der Waals surface area contributed by atoms with E-state index in [1.165, 1.54) is 0 Å². The molecule has 0 amide bonds. The maximum absolute atomic E-state index is 12.2. The molecule has 0 fully saturated rings. The quantitative estimate of drug-likeness (QED) is 0.667. The molecule has 0 atom stereocenters. The number of Topliss-reactive ketones (excluding diaryl/α,β-unsaturated/α-hetero) is 1. The molecule has 0 N–H and O–H groups in total. The van der Waals surface area contributed by atoms with Gasteiger partial charge in [0.25, 0.3) is 0 Å². The van der Waals surface area contributed by atoms with Crippen LogP contribution in [0.4, 0.5) is 0 Å². The fraction of sp³-hybridized carbons (Fsp3) is 0.0588. The third kappa shape index (κ3) is 2.78. The number of nitrogens with zero attached hydrogens (tertiary/aromatic N) is 1. The molecule has 2 nitrogen and oxygen atoms in total. The van der Waals surface area contributed by atoms with E-state index in [2.05, 4.69) is 20.9 Å². The standard InChI is InChI=1S/C17H12BrNO/c18-14-6-3-5-13(10-14)17(20)11-15-9-8-12-4-1-2-7-16(12)19-15/h1-10H,11H2. The van der Waals surface area contributed by atoms with Crippen LogP contribution in [0.2, 0.25) is 0 Å². The monoisotopic (exact) mass is 325 g/mol. The van der Waals surface area contributed by atoms with Crippen molar-refractivity contribution in [2.24, 2.45) is 0 Å². The number of ketones is 1. The Hall–Kier alpha value is -2.00. The van der Waals surface area contributed by atoms with Crippen molar-refractivity contribution in [1.82, 2.24) is 4.98 Å². The lowest BCUT2D eigenvalue weighted by atomic mass is 10.1. The maximum atomic E-state index is 12.2. The van der Waals surface area contributed by atoms with E-state index in [1.807, 2.05) is 60.7 Å². The summed E-state index contributed by atoms with van der Waals surface area (Å²) in [5, 5.41) is 1.09. The van der Waals surface area contributed by atoms with Gasteiger partial charge < -0.3 is 0 Å². The van der Waals surface area contributed by atoms with E-state index in [9.17, 15) is 4.79 Å². The van der Waals surface area contributed by atoms with Gasteiger partial charge in [-0.3, -0.25) is 9.78 Å². The normalized spacial score (nSPS) is 10.7. The van der Waals surface area contributed by atoms with E-state index in [0.717, 1.165) is 21.1 Å². The van der Waals surface area contributed by atoms with Gasteiger partial charge in [-0.25, -0.2) is 0 Å². The lowest BCUT2D eigenvalue weighted by molar-refractivity contribution is 0.0992. The Morgan fingerprint density at radius 1 is 1.00 bits per heavy atom. The molecule has 2 aromatic carbocycles. The molecule has 3 aromatic rings. The van der Waals surface area contributed by atoms with E-state index in [-0.39, 0.29) is 5.78 Å². The predicted molar refractivity (Wildman–Crippen MR) is 83.9 cm³/mol. The zero-order valence-corrected chi connectivity index (χ0v) is 12.3. The molecule has 0 aliphatic rings. The number of halogens is 1. The van der Waals surface area contributed by atoms with Gasteiger partial charge in [-0.15, -0.1) is 0 Å². The summed E-state index contributed by atoms with van der Waals surface area (Å²) in [6, 6.07) is 19.3. The van der Waals surface area contributed by atoms with Crippen molar-refractivity contribution in [3.63, 3.8) is 0 Å². The number of para-hydroxylation sites is 1. The molecule has 98 valence electrons. The lowest BCUT2D eigenvalue weighted by Crippen LogP contribution is -2.05. The van der Waals surface area contributed by atoms with E-state index in [0.29, 0.717) is 12.0 Å². The lowest BCUT2D eigenvalue weighted by Gasteiger charge is -2.03. The zero-order valence-electron chi connectivity index (χ0n) is 10.7. The first-order valence-corrected chi connectivity index (χ1v) is 7.15. The van der Waals surface area contributed by atoms with E-state index < -0.39 is 0 Å². The van der Waals surface area contributed by atoms with Crippen molar-refractivity contribution < 1.29 is 4.79 Å². The first-order chi connectivity index (χ1) is 9.72. The maximum Gasteiger partial charge on any atom is 0.168 e. The molecular weight excluding hydrogens is 314 g/mol. The fourth-order valence-electron chi connectivity index (χ4n) is 2.14. The van der Waals surface area contributed by atoms with Gasteiger partial charge >= 0.3 is 0 Å². The van der Waals surface area contributed by atoms with Crippen molar-refractivity contribution in [2.45, 2.75) is 6.42 Å². The molecule has 0 saturated carbocycles. The molecule has 1 heterocycles. The molecular formula is C17H12BrNO. The van der Waals surface area contributed by atoms with Crippen LogP contribution in [0.25, 0.3) is 10.9 Å². The second-order valence-corrected chi connectivity index (χ2v) is 5.52. The fourth-order valence-corrected chi connectivity index (χ4v) is 2.53. The van der Waals surface area contributed by atoms with Crippen LogP contribution in [-0.2, 0) is 6.42 Å². The molecule has 1 aromatic heterocycles. The van der Waals surface area contributed by atoms with Crippen molar-refractivity contribution in [2.75, 3.05) is 0 Å². The Labute approximate surface area is 125 Å². The van der Waals surface area contributed by atoms with Crippen LogP contribution in [0.3, 0.4) is 0 Å². The third-order valence-electron chi connectivity index (χ3n) is 3.14. The van der Waals surface area contributed by atoms with Crippen molar-refractivity contribution in [3.8, 4) is 0 Å². The summed E-state index contributed by atoms with van der Waals surface area (Å²) in [4.78, 5) is 16.8. The Morgan fingerprint density at radius 3 is 2.70 bits per heavy atom. The molecule has 3 heteroatoms. The number of benzene rings is 2. The minimum atomic E-state index is 0.0779. The highest BCUT2D eigenvalue weighted by atomic mass is 79.9. The van der Waals surface area contributed by atoms with Gasteiger partial charge in [-0.2, -0.15) is 0 Å². The van der Waals surface area contributed by atoms with Crippen molar-refractivity contribution >= 4 is 32.6 Å². The molecule has 0 saturated heterocycles. The van der Waals surface area contributed by atoms with Gasteiger partial charge in [0, 0.05) is 21.1 Å². The summed E-state index contributed by atoms with van der Waals surface area (Å²) in [6.07, 6.45) is 0.321. The van der Waals surface area contributed by atoms with Crippen LogP contribution in [0.1, 0.15) is 16.1 Å². The number of pyridine rings is 1. The Kier molecular flexibility index (Phi) is 3.61. The first-order valence-electron chi connectivity index (χ1n) is 6.36. The Bertz CT molecular complexity index is 783. The summed E-state index contributed by atoms with van der Waals surface area (Å²) < 4.78 is 0.912. The highest BCUT2D eigenvalue weighted by molar-refractivity contribution is 9.10. The van der Waals surface area contributed by atoms with E-state index in [1.54, 1.807) is 0 Å². The number of carbonyl (C=O) groups excluding carboxylic acids is 1. The van der Waals surface area contributed by atoms with Crippen LogP contribution in [0, 0.1) is 0 Å². The van der Waals surface area contributed by atoms with Gasteiger partial charge in [-0.1, -0.05) is 52.3 Å². The second-order valence-electron chi connectivity index (χ2n) is 4.61. The van der Waals surface area contributed by atoms with Crippen LogP contribution in [-0.4, -0.2) is 10.8 Å². The van der Waals surface area contributed by atoms with Crippen LogP contribution >= 0.6 is 15.9 Å². The van der Waals surface area contributed by atoms with Crippen LogP contribution < -0.4 is 0 Å². The summed E-state index contributed by atoms with van der Waals surface area (Å²) in [6.45, 7) is 0. The summed E-state index contributed by atoms with van der Waals surface area (Å²) in [7, 11) is 0. The van der Waals surface area contributed by atoms with Gasteiger partial charge in [0.2, 0.25) is 0 Å². The van der Waals surface area contributed by atoms with E-state index in [4.69, 9.17) is 0 Å². The van der Waals surface area contributed by atoms with Gasteiger partial charge in [0.1, 0.15) is 0 Å². The SMILES string of the molecule is O=C(Cc1ccc2ccccc2n1)c1cccc(Br)c1. The number of hydrogen-bond acceptors (Lipinski definition) is 2. The summed E-state index contributed by atoms with van der Waals surface area (Å²) in [5.74, 6) is 0.0779. The predicted octanol–water partition coefficient (Wildman–Crippen LogP) is 4.42. The van der Waals surface area contributed by atoms with Gasteiger partial charge in [0.15, 0.2) is 5.78 Å². The Morgan fingerprint density at radius 2 is 1.85 bits per heavy atom. The van der Waals surface area contributed by atoms with Crippen molar-refractivity contribution in [1.29, 1.82) is 0 Å². The van der Waals surface area contributed by atoms with Crippen LogP contribution in [0.5, 0.6) is 0 Å². The molecule has 0 radical (unpaired) electrons. The largest absolute Gasteiger partial charge is 0.294 e. The number of carbonyl (C=O) groups is 1. The number of hydrogen-bond donors (Lipinski definition) is 0. The molecule has 0 unspecified atom stereocenters. The highest BCUT2D eigenvalue weighted by Gasteiger charge is 2.08. The highest BCUT2D eigenvalue weighted by Crippen LogP contribution is 2.16. The molecule has 0 spiro atoms. The Balaban J connectivity index is 1.87. The average molecular weight is 326 g/mol. The summed E-state index contributed by atoms with van der Waals surface area (Å²) in [5.41, 5.74) is 2.43. The molecule has 0 aliphatic carbocycles. The smallest absolute Gasteiger partial charge is 0.168 e.